The highest BCUT2D eigenvalue weighted by Crippen LogP contribution is 2.42. The SMILES string of the molecule is COC(=O)N1c2ccc3c(nc(Nc4ccc(F)c(F)c4)n3C3CCC(C(=O)O)CC3)c2CC[C@@H]1C. The minimum absolute atomic E-state index is 0.0179. The molecule has 0 radical (unpaired) electrons. The summed E-state index contributed by atoms with van der Waals surface area (Å²) < 4.78 is 34.5. The number of nitrogens with zero attached hydrogens (tertiary/aromatic N) is 3. The van der Waals surface area contributed by atoms with Gasteiger partial charge in [0.15, 0.2) is 11.6 Å². The highest BCUT2D eigenvalue weighted by Gasteiger charge is 2.33. The molecule has 0 spiro atoms. The van der Waals surface area contributed by atoms with Gasteiger partial charge in [0.25, 0.3) is 0 Å². The standard InChI is InChI=1S/C26H28F2N4O4/c1-14-3-9-18-21(31(14)26(35)36-2)11-12-22-23(18)30-25(29-16-6-10-19(27)20(28)13-16)32(22)17-7-4-15(5-8-17)24(33)34/h6,10-15,17H,3-5,7-9H2,1-2H3,(H,29,30)(H,33,34)/t14-,15?,17?/m0/s1. The van der Waals surface area contributed by atoms with Crippen LogP contribution in [0.2, 0.25) is 0 Å². The Kier molecular flexibility index (Phi) is 6.27. The first-order valence-corrected chi connectivity index (χ1v) is 12.1. The van der Waals surface area contributed by atoms with E-state index < -0.39 is 23.7 Å². The van der Waals surface area contributed by atoms with Crippen LogP contribution in [-0.2, 0) is 16.0 Å². The molecule has 1 aliphatic heterocycles. The lowest BCUT2D eigenvalue weighted by molar-refractivity contribution is -0.143. The Morgan fingerprint density at radius 2 is 1.83 bits per heavy atom. The van der Waals surface area contributed by atoms with Gasteiger partial charge in [-0.2, -0.15) is 0 Å². The molecule has 1 aromatic heterocycles. The quantitative estimate of drug-likeness (QED) is 0.473. The summed E-state index contributed by atoms with van der Waals surface area (Å²) in [5.74, 6) is -2.60. The van der Waals surface area contributed by atoms with Gasteiger partial charge in [-0.05, 0) is 69.7 Å². The van der Waals surface area contributed by atoms with Gasteiger partial charge in [-0.1, -0.05) is 0 Å². The fourth-order valence-electron chi connectivity index (χ4n) is 5.52. The zero-order valence-corrected chi connectivity index (χ0v) is 20.1. The number of anilines is 3. The molecular formula is C26H28F2N4O4. The van der Waals surface area contributed by atoms with Crippen molar-refractivity contribution in [3.05, 3.63) is 47.5 Å². The molecule has 2 N–H and O–H groups in total. The highest BCUT2D eigenvalue weighted by atomic mass is 19.2. The number of aryl methyl sites for hydroxylation is 1. The summed E-state index contributed by atoms with van der Waals surface area (Å²) in [7, 11) is 1.36. The van der Waals surface area contributed by atoms with Crippen molar-refractivity contribution >= 4 is 40.4 Å². The molecule has 10 heteroatoms. The van der Waals surface area contributed by atoms with Crippen molar-refractivity contribution in [1.29, 1.82) is 0 Å². The molecule has 0 unspecified atom stereocenters. The van der Waals surface area contributed by atoms with Crippen LogP contribution >= 0.6 is 0 Å². The maximum atomic E-state index is 13.9. The van der Waals surface area contributed by atoms with Gasteiger partial charge in [-0.25, -0.2) is 18.6 Å². The molecule has 0 bridgehead atoms. The molecule has 3 aromatic rings. The molecular weight excluding hydrogens is 470 g/mol. The van der Waals surface area contributed by atoms with E-state index >= 15 is 0 Å². The van der Waals surface area contributed by atoms with Crippen LogP contribution in [0, 0.1) is 17.6 Å². The van der Waals surface area contributed by atoms with Crippen LogP contribution in [0.15, 0.2) is 30.3 Å². The predicted octanol–water partition coefficient (Wildman–Crippen LogP) is 5.78. The lowest BCUT2D eigenvalue weighted by atomic mass is 9.86. The van der Waals surface area contributed by atoms with Crippen LogP contribution in [0.4, 0.5) is 30.9 Å². The molecule has 1 atom stereocenters. The van der Waals surface area contributed by atoms with Gasteiger partial charge in [0.1, 0.15) is 0 Å². The number of carboxylic acid groups (broad SMARTS) is 1. The number of fused-ring (bicyclic) bond motifs is 3. The number of carbonyl (C=O) groups is 2. The highest BCUT2D eigenvalue weighted by molar-refractivity contribution is 5.96. The van der Waals surface area contributed by atoms with Crippen molar-refractivity contribution in [1.82, 2.24) is 9.55 Å². The van der Waals surface area contributed by atoms with Crippen molar-refractivity contribution in [3.63, 3.8) is 0 Å². The smallest absolute Gasteiger partial charge is 0.414 e. The number of nitrogens with one attached hydrogen (secondary N) is 1. The lowest BCUT2D eigenvalue weighted by Gasteiger charge is -2.34. The number of carboxylic acids is 1. The van der Waals surface area contributed by atoms with Gasteiger partial charge in [-0.3, -0.25) is 9.69 Å². The maximum Gasteiger partial charge on any atom is 0.414 e. The van der Waals surface area contributed by atoms with E-state index in [1.807, 2.05) is 23.6 Å². The van der Waals surface area contributed by atoms with Crippen LogP contribution in [0.3, 0.4) is 0 Å². The number of hydrogen-bond donors (Lipinski definition) is 2. The van der Waals surface area contributed by atoms with Gasteiger partial charge < -0.3 is 19.7 Å². The summed E-state index contributed by atoms with van der Waals surface area (Å²) in [5.41, 5.74) is 3.58. The third kappa shape index (κ3) is 4.14. The molecule has 8 nitrogen and oxygen atoms in total. The summed E-state index contributed by atoms with van der Waals surface area (Å²) in [4.78, 5) is 30.5. The fraction of sp³-hybridized carbons (Fsp3) is 0.423. The number of amides is 1. The molecule has 5 rings (SSSR count). The van der Waals surface area contributed by atoms with Crippen molar-refractivity contribution < 1.29 is 28.2 Å². The number of hydrogen-bond acceptors (Lipinski definition) is 5. The molecule has 1 fully saturated rings. The Morgan fingerprint density at radius 3 is 2.50 bits per heavy atom. The molecule has 190 valence electrons. The Bertz CT molecular complexity index is 1330. The van der Waals surface area contributed by atoms with Gasteiger partial charge in [0.2, 0.25) is 5.95 Å². The topological polar surface area (TPSA) is 96.7 Å². The minimum atomic E-state index is -0.968. The van der Waals surface area contributed by atoms with E-state index in [1.165, 1.54) is 13.2 Å². The zero-order chi connectivity index (χ0) is 25.6. The average Bonchev–Trinajstić information content (AvgIpc) is 3.23. The number of carbonyl (C=O) groups excluding carboxylic acids is 1. The van der Waals surface area contributed by atoms with Crippen LogP contribution in [0.5, 0.6) is 0 Å². The lowest BCUT2D eigenvalue weighted by Crippen LogP contribution is -2.42. The van der Waals surface area contributed by atoms with Crippen molar-refractivity contribution in [2.45, 2.75) is 57.5 Å². The zero-order valence-electron chi connectivity index (χ0n) is 20.1. The Labute approximate surface area is 206 Å². The van der Waals surface area contributed by atoms with E-state index in [-0.39, 0.29) is 18.0 Å². The molecule has 36 heavy (non-hydrogen) atoms. The van der Waals surface area contributed by atoms with Gasteiger partial charge in [-0.15, -0.1) is 0 Å². The second-order valence-electron chi connectivity index (χ2n) is 9.56. The molecule has 1 amide bonds. The van der Waals surface area contributed by atoms with E-state index in [4.69, 9.17) is 9.72 Å². The molecule has 2 aromatic carbocycles. The number of aromatic nitrogens is 2. The molecule has 2 aliphatic rings. The number of imidazole rings is 1. The predicted molar refractivity (Wildman–Crippen MR) is 131 cm³/mol. The van der Waals surface area contributed by atoms with Gasteiger partial charge in [0.05, 0.1) is 29.7 Å². The summed E-state index contributed by atoms with van der Waals surface area (Å²) in [6.45, 7) is 1.97. The summed E-state index contributed by atoms with van der Waals surface area (Å²) >= 11 is 0. The van der Waals surface area contributed by atoms with Crippen LogP contribution in [0.25, 0.3) is 11.0 Å². The van der Waals surface area contributed by atoms with E-state index in [1.54, 1.807) is 4.90 Å². The summed E-state index contributed by atoms with van der Waals surface area (Å²) in [5, 5.41) is 12.6. The molecule has 0 saturated heterocycles. The largest absolute Gasteiger partial charge is 0.481 e. The second kappa shape index (κ2) is 9.40. The summed E-state index contributed by atoms with van der Waals surface area (Å²) in [6, 6.07) is 7.34. The fourth-order valence-corrected chi connectivity index (χ4v) is 5.52. The number of rotatable bonds is 4. The normalized spacial score (nSPS) is 21.8. The van der Waals surface area contributed by atoms with Crippen molar-refractivity contribution in [2.24, 2.45) is 5.92 Å². The van der Waals surface area contributed by atoms with Crippen LogP contribution in [0.1, 0.15) is 50.6 Å². The Hall–Kier alpha value is -3.69. The van der Waals surface area contributed by atoms with E-state index in [9.17, 15) is 23.5 Å². The molecule has 2 heterocycles. The third-order valence-electron chi connectivity index (χ3n) is 7.41. The summed E-state index contributed by atoms with van der Waals surface area (Å²) in [6.07, 6.45) is 3.41. The Balaban J connectivity index is 1.62. The van der Waals surface area contributed by atoms with Crippen molar-refractivity contribution in [3.8, 4) is 0 Å². The average molecular weight is 499 g/mol. The number of ether oxygens (including phenoxy) is 1. The first-order chi connectivity index (χ1) is 17.3. The second-order valence-corrected chi connectivity index (χ2v) is 9.56. The number of benzene rings is 2. The molecule has 1 aliphatic carbocycles. The maximum absolute atomic E-state index is 13.9. The first-order valence-electron chi connectivity index (χ1n) is 12.1. The third-order valence-corrected chi connectivity index (χ3v) is 7.41. The number of methoxy groups -OCH3 is 1. The van der Waals surface area contributed by atoms with E-state index in [0.29, 0.717) is 43.7 Å². The van der Waals surface area contributed by atoms with Gasteiger partial charge >= 0.3 is 12.1 Å². The number of halogens is 2. The van der Waals surface area contributed by atoms with Crippen LogP contribution < -0.4 is 10.2 Å². The van der Waals surface area contributed by atoms with Crippen LogP contribution in [-0.4, -0.2) is 39.9 Å². The Morgan fingerprint density at radius 1 is 1.08 bits per heavy atom. The minimum Gasteiger partial charge on any atom is -0.481 e. The van der Waals surface area contributed by atoms with Crippen molar-refractivity contribution in [2.75, 3.05) is 17.3 Å². The first kappa shape index (κ1) is 24.0. The molecule has 1 saturated carbocycles. The van der Waals surface area contributed by atoms with E-state index in [0.717, 1.165) is 40.8 Å². The monoisotopic (exact) mass is 498 g/mol. The van der Waals surface area contributed by atoms with E-state index in [2.05, 4.69) is 5.32 Å². The van der Waals surface area contributed by atoms with Gasteiger partial charge in [0, 0.05) is 29.4 Å². The number of aliphatic carboxylic acids is 1.